The number of rotatable bonds is 12. The summed E-state index contributed by atoms with van der Waals surface area (Å²) in [6.45, 7) is 3.47. The van der Waals surface area contributed by atoms with Gasteiger partial charge in [0.2, 0.25) is 0 Å². The summed E-state index contributed by atoms with van der Waals surface area (Å²) in [4.78, 5) is 23.6. The van der Waals surface area contributed by atoms with E-state index in [0.29, 0.717) is 59.6 Å². The number of hydrogen-bond donors (Lipinski definition) is 3. The molecule has 5 aromatic rings. The lowest BCUT2D eigenvalue weighted by Gasteiger charge is -2.08. The van der Waals surface area contributed by atoms with Crippen molar-refractivity contribution in [3.05, 3.63) is 94.5 Å². The number of aromatic carboxylic acids is 1. The predicted molar refractivity (Wildman–Crippen MR) is 156 cm³/mol. The van der Waals surface area contributed by atoms with E-state index < -0.39 is 5.97 Å². The number of aryl methyl sites for hydroxylation is 1. The molecule has 5 rings (SSSR count). The smallest absolute Gasteiger partial charge is 0.336 e. The number of hydrogen-bond acceptors (Lipinski definition) is 7. The van der Waals surface area contributed by atoms with Gasteiger partial charge in [-0.05, 0) is 47.4 Å². The summed E-state index contributed by atoms with van der Waals surface area (Å²) in [6.07, 6.45) is 0. The molecule has 3 aromatic carbocycles. The number of ether oxygens (including phenoxy) is 3. The highest BCUT2D eigenvalue weighted by Crippen LogP contribution is 2.32. The highest BCUT2D eigenvalue weighted by molar-refractivity contribution is 6.33. The number of carbonyl (C=O) groups is 1. The number of carboxylic acid groups (broad SMARTS) is 1. The molecular formula is C31H28ClN3O6. The number of aliphatic hydroxyl groups excluding tert-OH is 1. The monoisotopic (exact) mass is 573 g/mol. The van der Waals surface area contributed by atoms with E-state index in [1.54, 1.807) is 25.1 Å². The number of nitrogens with zero attached hydrogens (tertiary/aromatic N) is 2. The van der Waals surface area contributed by atoms with Gasteiger partial charge in [0.25, 0.3) is 0 Å². The van der Waals surface area contributed by atoms with Gasteiger partial charge >= 0.3 is 12.0 Å². The van der Waals surface area contributed by atoms with Gasteiger partial charge in [0.15, 0.2) is 5.65 Å². The Morgan fingerprint density at radius 3 is 2.27 bits per heavy atom. The van der Waals surface area contributed by atoms with Gasteiger partial charge in [-0.3, -0.25) is 0 Å². The topological polar surface area (TPSA) is 127 Å². The fourth-order valence-corrected chi connectivity index (χ4v) is 4.50. The largest absolute Gasteiger partial charge is 0.478 e. The number of imidazole rings is 1. The van der Waals surface area contributed by atoms with Crippen LogP contribution in [0.15, 0.2) is 72.8 Å². The molecule has 0 bridgehead atoms. The van der Waals surface area contributed by atoms with Crippen LogP contribution >= 0.6 is 11.6 Å². The zero-order valence-corrected chi connectivity index (χ0v) is 23.0. The summed E-state index contributed by atoms with van der Waals surface area (Å²) in [5.74, 6) is -0.681. The molecule has 0 atom stereocenters. The third-order valence-electron chi connectivity index (χ3n) is 6.38. The van der Waals surface area contributed by atoms with Crippen molar-refractivity contribution in [2.24, 2.45) is 0 Å². The van der Waals surface area contributed by atoms with Crippen molar-refractivity contribution in [1.82, 2.24) is 15.0 Å². The highest BCUT2D eigenvalue weighted by Gasteiger charge is 2.14. The normalized spacial score (nSPS) is 11.2. The molecule has 0 aliphatic heterocycles. The number of fused-ring (bicyclic) bond motifs is 1. The fourth-order valence-electron chi connectivity index (χ4n) is 4.24. The van der Waals surface area contributed by atoms with Gasteiger partial charge < -0.3 is 29.4 Å². The molecule has 0 fully saturated rings. The number of pyridine rings is 1. The number of halogens is 1. The Kier molecular flexibility index (Phi) is 8.91. The van der Waals surface area contributed by atoms with E-state index in [-0.39, 0.29) is 18.2 Å². The SMILES string of the molecule is Cc1ccc(Oc2nc3nc(-c4ccc(-c5ccc(COCCOCCO)cc5)cc4)c(Cl)cc3[nH]2)cc1C(=O)O. The molecule has 210 valence electrons. The van der Waals surface area contributed by atoms with Crippen LogP contribution in [0.5, 0.6) is 11.8 Å². The van der Waals surface area contributed by atoms with E-state index in [2.05, 4.69) is 15.0 Å². The number of benzene rings is 3. The van der Waals surface area contributed by atoms with Crippen molar-refractivity contribution in [1.29, 1.82) is 0 Å². The van der Waals surface area contributed by atoms with Crippen LogP contribution in [0.1, 0.15) is 21.5 Å². The molecular weight excluding hydrogens is 546 g/mol. The zero-order valence-electron chi connectivity index (χ0n) is 22.3. The first-order valence-corrected chi connectivity index (χ1v) is 13.3. The molecule has 2 aromatic heterocycles. The lowest BCUT2D eigenvalue weighted by molar-refractivity contribution is 0.0274. The minimum absolute atomic E-state index is 0.00992. The molecule has 3 N–H and O–H groups in total. The van der Waals surface area contributed by atoms with Crippen LogP contribution in [0, 0.1) is 6.92 Å². The maximum Gasteiger partial charge on any atom is 0.336 e. The Balaban J connectivity index is 1.27. The van der Waals surface area contributed by atoms with Crippen LogP contribution in [0.3, 0.4) is 0 Å². The molecule has 2 heterocycles. The number of aromatic amines is 1. The molecule has 0 aliphatic carbocycles. The Morgan fingerprint density at radius 1 is 0.878 bits per heavy atom. The van der Waals surface area contributed by atoms with Crippen LogP contribution in [0.2, 0.25) is 5.02 Å². The first kappa shape index (κ1) is 28.3. The van der Waals surface area contributed by atoms with Gasteiger partial charge in [0.05, 0.1) is 54.8 Å². The minimum atomic E-state index is -1.03. The van der Waals surface area contributed by atoms with Gasteiger partial charge in [-0.2, -0.15) is 4.98 Å². The van der Waals surface area contributed by atoms with Crippen LogP contribution in [0.25, 0.3) is 33.5 Å². The Hall–Kier alpha value is -4.28. The second kappa shape index (κ2) is 12.9. The molecule has 0 unspecified atom stereocenters. The molecule has 0 saturated heterocycles. The van der Waals surface area contributed by atoms with Gasteiger partial charge in [0, 0.05) is 5.56 Å². The number of H-pyrrole nitrogens is 1. The second-order valence-electron chi connectivity index (χ2n) is 9.28. The van der Waals surface area contributed by atoms with Crippen molar-refractivity contribution < 1.29 is 29.2 Å². The van der Waals surface area contributed by atoms with E-state index in [1.807, 2.05) is 48.5 Å². The van der Waals surface area contributed by atoms with Crippen molar-refractivity contribution >= 4 is 28.7 Å². The third-order valence-corrected chi connectivity index (χ3v) is 6.67. The number of carboxylic acids is 1. The molecule has 0 saturated carbocycles. The maximum atomic E-state index is 11.4. The van der Waals surface area contributed by atoms with Gasteiger partial charge in [-0.1, -0.05) is 66.2 Å². The maximum absolute atomic E-state index is 11.4. The summed E-state index contributed by atoms with van der Waals surface area (Å²) in [7, 11) is 0. The quantitative estimate of drug-likeness (QED) is 0.149. The second-order valence-corrected chi connectivity index (χ2v) is 9.69. The highest BCUT2D eigenvalue weighted by atomic mass is 35.5. The minimum Gasteiger partial charge on any atom is -0.478 e. The van der Waals surface area contributed by atoms with Crippen molar-refractivity contribution in [3.63, 3.8) is 0 Å². The van der Waals surface area contributed by atoms with E-state index in [0.717, 1.165) is 22.3 Å². The molecule has 0 amide bonds. The lowest BCUT2D eigenvalue weighted by Crippen LogP contribution is -2.07. The Labute approximate surface area is 241 Å². The molecule has 0 radical (unpaired) electrons. The molecule has 41 heavy (non-hydrogen) atoms. The Bertz CT molecular complexity index is 1650. The molecule has 10 heteroatoms. The van der Waals surface area contributed by atoms with Crippen molar-refractivity contribution in [2.45, 2.75) is 13.5 Å². The summed E-state index contributed by atoms with van der Waals surface area (Å²) in [5.41, 5.74) is 6.41. The average molecular weight is 574 g/mol. The van der Waals surface area contributed by atoms with Crippen LogP contribution in [0.4, 0.5) is 0 Å². The van der Waals surface area contributed by atoms with E-state index in [9.17, 15) is 9.90 Å². The Morgan fingerprint density at radius 2 is 1.56 bits per heavy atom. The van der Waals surface area contributed by atoms with Crippen LogP contribution < -0.4 is 4.74 Å². The summed E-state index contributed by atoms with van der Waals surface area (Å²) < 4.78 is 16.6. The van der Waals surface area contributed by atoms with Crippen molar-refractivity contribution in [2.75, 3.05) is 26.4 Å². The number of nitrogens with one attached hydrogen (secondary N) is 1. The predicted octanol–water partition coefficient (Wildman–Crippen LogP) is 6.27. The summed E-state index contributed by atoms with van der Waals surface area (Å²) in [5, 5.41) is 18.5. The van der Waals surface area contributed by atoms with Gasteiger partial charge in [-0.25, -0.2) is 9.78 Å². The van der Waals surface area contributed by atoms with E-state index in [4.69, 9.17) is 30.9 Å². The van der Waals surface area contributed by atoms with Gasteiger partial charge in [0.1, 0.15) is 5.75 Å². The molecule has 0 aliphatic rings. The average Bonchev–Trinajstić information content (AvgIpc) is 3.36. The number of aromatic nitrogens is 3. The van der Waals surface area contributed by atoms with E-state index in [1.165, 1.54) is 6.07 Å². The number of aliphatic hydroxyl groups is 1. The first-order chi connectivity index (χ1) is 19.9. The van der Waals surface area contributed by atoms with Crippen LogP contribution in [-0.4, -0.2) is 57.6 Å². The molecule has 9 nitrogen and oxygen atoms in total. The zero-order chi connectivity index (χ0) is 28.8. The third kappa shape index (κ3) is 6.90. The lowest BCUT2D eigenvalue weighted by atomic mass is 10.0. The first-order valence-electron chi connectivity index (χ1n) is 13.0. The standard InChI is InChI=1S/C31H28ClN3O6/c1-19-2-11-24(16-25(19)30(37)38)41-31-33-27-17-26(32)28(34-29(27)35-31)23-9-7-22(8-10-23)21-5-3-20(4-6-21)18-40-15-14-39-13-12-36/h2-11,16-17,36H,12-15,18H2,1H3,(H,37,38)(H,33,34,35). The van der Waals surface area contributed by atoms with Crippen LogP contribution in [-0.2, 0) is 16.1 Å². The summed E-state index contributed by atoms with van der Waals surface area (Å²) in [6, 6.07) is 22.8. The van der Waals surface area contributed by atoms with E-state index >= 15 is 0 Å². The summed E-state index contributed by atoms with van der Waals surface area (Å²) >= 11 is 6.58. The fraction of sp³-hybridized carbons (Fsp3) is 0.194. The van der Waals surface area contributed by atoms with Crippen molar-refractivity contribution in [3.8, 4) is 34.1 Å². The molecule has 0 spiro atoms. The van der Waals surface area contributed by atoms with Gasteiger partial charge in [-0.15, -0.1) is 0 Å².